The first kappa shape index (κ1) is 22.6. The number of benzene rings is 2. The SMILES string of the molecule is CCCn1c(SCC(=O)N(CCC#N)c2cc(C)cc(C)c2)nc2ccccc2c1=O. The molecule has 0 saturated carbocycles. The van der Waals surface area contributed by atoms with Crippen LogP contribution in [-0.2, 0) is 11.3 Å². The minimum absolute atomic E-state index is 0.0851. The number of rotatable bonds is 8. The molecule has 0 aliphatic carbocycles. The summed E-state index contributed by atoms with van der Waals surface area (Å²) in [6.07, 6.45) is 1.04. The Kier molecular flexibility index (Phi) is 7.48. The van der Waals surface area contributed by atoms with E-state index in [1.54, 1.807) is 15.5 Å². The molecule has 0 aliphatic rings. The van der Waals surface area contributed by atoms with E-state index >= 15 is 0 Å². The first-order valence-corrected chi connectivity index (χ1v) is 11.3. The lowest BCUT2D eigenvalue weighted by Crippen LogP contribution is -2.33. The van der Waals surface area contributed by atoms with Gasteiger partial charge in [0, 0.05) is 18.8 Å². The zero-order valence-electron chi connectivity index (χ0n) is 18.1. The van der Waals surface area contributed by atoms with Gasteiger partial charge in [-0.15, -0.1) is 0 Å². The summed E-state index contributed by atoms with van der Waals surface area (Å²) in [6.45, 7) is 6.85. The second-order valence-electron chi connectivity index (χ2n) is 7.46. The zero-order chi connectivity index (χ0) is 22.4. The monoisotopic (exact) mass is 434 g/mol. The third kappa shape index (κ3) is 5.33. The van der Waals surface area contributed by atoms with Crippen molar-refractivity contribution in [2.24, 2.45) is 0 Å². The number of thioether (sulfide) groups is 1. The van der Waals surface area contributed by atoms with Crippen molar-refractivity contribution in [1.82, 2.24) is 9.55 Å². The van der Waals surface area contributed by atoms with Gasteiger partial charge in [-0.3, -0.25) is 14.2 Å². The van der Waals surface area contributed by atoms with Crippen LogP contribution in [0.25, 0.3) is 10.9 Å². The average Bonchev–Trinajstić information content (AvgIpc) is 2.74. The first-order valence-electron chi connectivity index (χ1n) is 10.3. The maximum absolute atomic E-state index is 13.1. The number of hydrogen-bond donors (Lipinski definition) is 0. The molecule has 0 saturated heterocycles. The van der Waals surface area contributed by atoms with E-state index in [9.17, 15) is 9.59 Å². The molecule has 0 unspecified atom stereocenters. The highest BCUT2D eigenvalue weighted by Crippen LogP contribution is 2.23. The summed E-state index contributed by atoms with van der Waals surface area (Å²) in [5.74, 6) is 0.0168. The third-order valence-electron chi connectivity index (χ3n) is 4.86. The summed E-state index contributed by atoms with van der Waals surface area (Å²) in [7, 11) is 0. The van der Waals surface area contributed by atoms with E-state index in [-0.39, 0.29) is 23.6 Å². The van der Waals surface area contributed by atoms with Gasteiger partial charge in [0.25, 0.3) is 5.56 Å². The van der Waals surface area contributed by atoms with Gasteiger partial charge in [0.15, 0.2) is 5.16 Å². The molecular weight excluding hydrogens is 408 g/mol. The van der Waals surface area contributed by atoms with Crippen molar-refractivity contribution >= 4 is 34.3 Å². The molecule has 31 heavy (non-hydrogen) atoms. The number of anilines is 1. The molecule has 1 aromatic heterocycles. The predicted octanol–water partition coefficient (Wildman–Crippen LogP) is 4.46. The largest absolute Gasteiger partial charge is 0.311 e. The van der Waals surface area contributed by atoms with Crippen LogP contribution in [0, 0.1) is 25.2 Å². The molecular formula is C24H26N4O2S. The number of hydrogen-bond acceptors (Lipinski definition) is 5. The number of fused-ring (bicyclic) bond motifs is 1. The van der Waals surface area contributed by atoms with Gasteiger partial charge in [-0.1, -0.05) is 36.9 Å². The van der Waals surface area contributed by atoms with E-state index in [0.717, 1.165) is 23.2 Å². The van der Waals surface area contributed by atoms with Crippen molar-refractivity contribution < 1.29 is 4.79 Å². The molecule has 0 aliphatic heterocycles. The summed E-state index contributed by atoms with van der Waals surface area (Å²) in [4.78, 5) is 32.4. The number of nitriles is 1. The number of aromatic nitrogens is 2. The molecule has 2 aromatic carbocycles. The van der Waals surface area contributed by atoms with Crippen molar-refractivity contribution in [2.75, 3.05) is 17.2 Å². The lowest BCUT2D eigenvalue weighted by Gasteiger charge is -2.23. The summed E-state index contributed by atoms with van der Waals surface area (Å²) >= 11 is 1.27. The van der Waals surface area contributed by atoms with E-state index in [1.807, 2.05) is 57.2 Å². The Morgan fingerprint density at radius 3 is 2.58 bits per heavy atom. The van der Waals surface area contributed by atoms with Crippen molar-refractivity contribution in [3.63, 3.8) is 0 Å². The molecule has 7 heteroatoms. The molecule has 0 fully saturated rings. The van der Waals surface area contributed by atoms with E-state index in [0.29, 0.717) is 29.1 Å². The minimum Gasteiger partial charge on any atom is -0.311 e. The Hall–Kier alpha value is -3.11. The highest BCUT2D eigenvalue weighted by atomic mass is 32.2. The molecule has 0 radical (unpaired) electrons. The van der Waals surface area contributed by atoms with E-state index in [1.165, 1.54) is 11.8 Å². The summed E-state index contributed by atoms with van der Waals surface area (Å²) in [6, 6.07) is 15.3. The molecule has 0 spiro atoms. The number of aryl methyl sites for hydroxylation is 2. The maximum atomic E-state index is 13.1. The summed E-state index contributed by atoms with van der Waals surface area (Å²) < 4.78 is 1.65. The van der Waals surface area contributed by atoms with Crippen molar-refractivity contribution in [1.29, 1.82) is 5.26 Å². The van der Waals surface area contributed by atoms with Crippen LogP contribution in [0.3, 0.4) is 0 Å². The maximum Gasteiger partial charge on any atom is 0.262 e. The molecule has 160 valence electrons. The van der Waals surface area contributed by atoms with Gasteiger partial charge in [-0.05, 0) is 55.7 Å². The highest BCUT2D eigenvalue weighted by Gasteiger charge is 2.19. The number of para-hydroxylation sites is 1. The molecule has 3 rings (SSSR count). The number of nitrogens with zero attached hydrogens (tertiary/aromatic N) is 4. The standard InChI is InChI=1S/C24H26N4O2S/c1-4-11-28-23(30)20-8-5-6-9-21(20)26-24(28)31-16-22(29)27(12-7-10-25)19-14-17(2)13-18(3)15-19/h5-6,8-9,13-15H,4,7,11-12,16H2,1-3H3. The molecule has 0 atom stereocenters. The fraction of sp³-hybridized carbons (Fsp3) is 0.333. The van der Waals surface area contributed by atoms with Crippen LogP contribution in [0.5, 0.6) is 0 Å². The third-order valence-corrected chi connectivity index (χ3v) is 5.83. The summed E-state index contributed by atoms with van der Waals surface area (Å²) in [5, 5.41) is 10.2. The fourth-order valence-corrected chi connectivity index (χ4v) is 4.45. The lowest BCUT2D eigenvalue weighted by molar-refractivity contribution is -0.116. The fourth-order valence-electron chi connectivity index (χ4n) is 3.55. The molecule has 1 heterocycles. The van der Waals surface area contributed by atoms with E-state index in [2.05, 4.69) is 11.1 Å². The van der Waals surface area contributed by atoms with Crippen LogP contribution in [-0.4, -0.2) is 27.8 Å². The molecule has 1 amide bonds. The second kappa shape index (κ2) is 10.3. The Bertz CT molecular complexity index is 1180. The van der Waals surface area contributed by atoms with Gasteiger partial charge >= 0.3 is 0 Å². The predicted molar refractivity (Wildman–Crippen MR) is 126 cm³/mol. The average molecular weight is 435 g/mol. The topological polar surface area (TPSA) is 79.0 Å². The Labute approximate surface area is 186 Å². The normalized spacial score (nSPS) is 10.8. The van der Waals surface area contributed by atoms with Gasteiger partial charge in [-0.2, -0.15) is 5.26 Å². The van der Waals surface area contributed by atoms with Gasteiger partial charge in [-0.25, -0.2) is 4.98 Å². The zero-order valence-corrected chi connectivity index (χ0v) is 18.9. The quantitative estimate of drug-likeness (QED) is 0.386. The van der Waals surface area contributed by atoms with E-state index < -0.39 is 0 Å². The van der Waals surface area contributed by atoms with Gasteiger partial charge in [0.2, 0.25) is 5.91 Å². The Morgan fingerprint density at radius 1 is 1.19 bits per heavy atom. The molecule has 0 N–H and O–H groups in total. The number of amides is 1. The van der Waals surface area contributed by atoms with Crippen molar-refractivity contribution in [2.45, 2.75) is 45.3 Å². The van der Waals surface area contributed by atoms with Crippen LogP contribution in [0.15, 0.2) is 52.4 Å². The van der Waals surface area contributed by atoms with Crippen LogP contribution in [0.4, 0.5) is 5.69 Å². The van der Waals surface area contributed by atoms with Gasteiger partial charge in [0.05, 0.1) is 29.1 Å². The number of carbonyl (C=O) groups excluding carboxylic acids is 1. The summed E-state index contributed by atoms with van der Waals surface area (Å²) in [5.41, 5.74) is 3.45. The van der Waals surface area contributed by atoms with Crippen molar-refractivity contribution in [3.05, 3.63) is 63.9 Å². The van der Waals surface area contributed by atoms with Crippen LogP contribution in [0.1, 0.15) is 30.9 Å². The Balaban J connectivity index is 1.89. The van der Waals surface area contributed by atoms with Gasteiger partial charge in [0.1, 0.15) is 0 Å². The highest BCUT2D eigenvalue weighted by molar-refractivity contribution is 7.99. The van der Waals surface area contributed by atoms with Crippen LogP contribution >= 0.6 is 11.8 Å². The van der Waals surface area contributed by atoms with Crippen LogP contribution in [0.2, 0.25) is 0 Å². The smallest absolute Gasteiger partial charge is 0.262 e. The lowest BCUT2D eigenvalue weighted by atomic mass is 10.1. The molecule has 6 nitrogen and oxygen atoms in total. The minimum atomic E-state index is -0.115. The molecule has 0 bridgehead atoms. The van der Waals surface area contributed by atoms with E-state index in [4.69, 9.17) is 5.26 Å². The first-order chi connectivity index (χ1) is 14.9. The van der Waals surface area contributed by atoms with Gasteiger partial charge < -0.3 is 4.90 Å². The molecule has 3 aromatic rings. The Morgan fingerprint density at radius 2 is 1.90 bits per heavy atom. The van der Waals surface area contributed by atoms with Crippen LogP contribution < -0.4 is 10.5 Å². The van der Waals surface area contributed by atoms with Crippen molar-refractivity contribution in [3.8, 4) is 6.07 Å². The second-order valence-corrected chi connectivity index (χ2v) is 8.40. The number of carbonyl (C=O) groups is 1.